The summed E-state index contributed by atoms with van der Waals surface area (Å²) in [5.74, 6) is 0.415. The van der Waals surface area contributed by atoms with Crippen molar-refractivity contribution >= 4 is 22.7 Å². The summed E-state index contributed by atoms with van der Waals surface area (Å²) in [7, 11) is 1.66. The molecule has 0 aliphatic carbocycles. The van der Waals surface area contributed by atoms with Crippen LogP contribution >= 0.6 is 0 Å². The Bertz CT molecular complexity index is 1130. The maximum Gasteiger partial charge on any atom is 0.311 e. The zero-order valence-electron chi connectivity index (χ0n) is 17.8. The highest BCUT2D eigenvalue weighted by atomic mass is 16.5. The van der Waals surface area contributed by atoms with Crippen LogP contribution in [0.25, 0.3) is 22.2 Å². The molecule has 1 aromatic carbocycles. The van der Waals surface area contributed by atoms with E-state index in [4.69, 9.17) is 15.2 Å². The van der Waals surface area contributed by atoms with E-state index >= 15 is 0 Å². The Morgan fingerprint density at radius 2 is 1.93 bits per heavy atom. The largest absolute Gasteiger partial charge is 0.493 e. The first-order valence-electron chi connectivity index (χ1n) is 9.84. The van der Waals surface area contributed by atoms with Gasteiger partial charge in [0.2, 0.25) is 0 Å². The summed E-state index contributed by atoms with van der Waals surface area (Å²) in [6, 6.07) is 11.1. The predicted octanol–water partition coefficient (Wildman–Crippen LogP) is 3.54. The van der Waals surface area contributed by atoms with E-state index in [1.807, 2.05) is 57.2 Å². The normalized spacial score (nSPS) is 11.5. The molecule has 7 nitrogen and oxygen atoms in total. The molecule has 0 fully saturated rings. The number of hydrogen-bond donors (Lipinski definition) is 1. The van der Waals surface area contributed by atoms with Gasteiger partial charge in [0, 0.05) is 30.6 Å². The van der Waals surface area contributed by atoms with E-state index in [1.54, 1.807) is 13.2 Å². The van der Waals surface area contributed by atoms with E-state index in [2.05, 4.69) is 4.98 Å². The smallest absolute Gasteiger partial charge is 0.311 e. The number of anilines is 1. The van der Waals surface area contributed by atoms with Crippen molar-refractivity contribution in [3.05, 3.63) is 52.9 Å². The van der Waals surface area contributed by atoms with Crippen molar-refractivity contribution in [1.82, 2.24) is 9.55 Å². The zero-order valence-corrected chi connectivity index (χ0v) is 17.8. The van der Waals surface area contributed by atoms with Crippen LogP contribution in [0.15, 0.2) is 47.4 Å². The number of benzene rings is 1. The summed E-state index contributed by atoms with van der Waals surface area (Å²) in [5, 5.41) is 0.795. The van der Waals surface area contributed by atoms with E-state index < -0.39 is 5.41 Å². The average molecular weight is 409 g/mol. The molecule has 0 atom stereocenters. The van der Waals surface area contributed by atoms with E-state index in [9.17, 15) is 9.59 Å². The number of ether oxygens (including phenoxy) is 2. The summed E-state index contributed by atoms with van der Waals surface area (Å²) in [5.41, 5.74) is 7.54. The second-order valence-corrected chi connectivity index (χ2v) is 8.14. The van der Waals surface area contributed by atoms with Crippen LogP contribution in [0.3, 0.4) is 0 Å². The summed E-state index contributed by atoms with van der Waals surface area (Å²) in [6.45, 7) is 6.15. The zero-order chi connectivity index (χ0) is 21.9. The van der Waals surface area contributed by atoms with Gasteiger partial charge in [-0.2, -0.15) is 0 Å². The Morgan fingerprint density at radius 1 is 1.17 bits per heavy atom. The van der Waals surface area contributed by atoms with Crippen molar-refractivity contribution in [2.75, 3.05) is 18.9 Å². The summed E-state index contributed by atoms with van der Waals surface area (Å²) in [6.07, 6.45) is 2.22. The van der Waals surface area contributed by atoms with Crippen LogP contribution in [0.4, 0.5) is 5.69 Å². The van der Waals surface area contributed by atoms with Gasteiger partial charge in [-0.15, -0.1) is 0 Å². The van der Waals surface area contributed by atoms with E-state index in [0.29, 0.717) is 36.6 Å². The highest BCUT2D eigenvalue weighted by molar-refractivity contribution is 5.99. The molecular weight excluding hydrogens is 382 g/mol. The molecule has 0 aliphatic rings. The molecule has 0 unspecified atom stereocenters. The fraction of sp³-hybridized carbons (Fsp3) is 0.348. The second kappa shape index (κ2) is 8.57. The maximum atomic E-state index is 12.6. The van der Waals surface area contributed by atoms with Crippen molar-refractivity contribution in [2.24, 2.45) is 12.5 Å². The van der Waals surface area contributed by atoms with E-state index in [-0.39, 0.29) is 17.2 Å². The number of esters is 1. The Kier molecular flexibility index (Phi) is 6.10. The van der Waals surface area contributed by atoms with Gasteiger partial charge in [-0.1, -0.05) is 12.1 Å². The standard InChI is InChI=1S/C23H27N3O4/c1-23(2,3)22(28)30-13-7-12-29-16-9-5-8-15(14-16)18-17-10-6-11-25-20(17)26(4)21(27)19(18)24/h5-6,8-11,14H,7,12-13,24H2,1-4H3. The van der Waals surface area contributed by atoms with Crippen LogP contribution in [-0.4, -0.2) is 28.7 Å². The van der Waals surface area contributed by atoms with Crippen LogP contribution in [0.1, 0.15) is 27.2 Å². The van der Waals surface area contributed by atoms with Crippen molar-refractivity contribution < 1.29 is 14.3 Å². The third-order valence-electron chi connectivity index (χ3n) is 4.70. The molecule has 0 spiro atoms. The van der Waals surface area contributed by atoms with Gasteiger partial charge in [-0.3, -0.25) is 14.2 Å². The Morgan fingerprint density at radius 3 is 2.67 bits per heavy atom. The van der Waals surface area contributed by atoms with Crippen LogP contribution in [0.2, 0.25) is 0 Å². The van der Waals surface area contributed by atoms with Gasteiger partial charge in [-0.05, 0) is 50.6 Å². The number of rotatable bonds is 6. The van der Waals surface area contributed by atoms with Crippen molar-refractivity contribution in [1.29, 1.82) is 0 Å². The first kappa shape index (κ1) is 21.4. The molecule has 158 valence electrons. The molecule has 0 amide bonds. The highest BCUT2D eigenvalue weighted by Gasteiger charge is 2.22. The SMILES string of the molecule is Cn1c(=O)c(N)c(-c2cccc(OCCCOC(=O)C(C)(C)C)c2)c2cccnc21. The number of hydrogen-bond acceptors (Lipinski definition) is 6. The first-order chi connectivity index (χ1) is 14.2. The quantitative estimate of drug-likeness (QED) is 0.494. The second-order valence-electron chi connectivity index (χ2n) is 8.14. The third-order valence-corrected chi connectivity index (χ3v) is 4.70. The Balaban J connectivity index is 1.77. The van der Waals surface area contributed by atoms with Crippen molar-refractivity contribution in [2.45, 2.75) is 27.2 Å². The first-order valence-corrected chi connectivity index (χ1v) is 9.84. The molecule has 7 heteroatoms. The van der Waals surface area contributed by atoms with Crippen molar-refractivity contribution in [3.8, 4) is 16.9 Å². The summed E-state index contributed by atoms with van der Waals surface area (Å²) >= 11 is 0. The number of carbonyl (C=O) groups excluding carboxylic acids is 1. The molecule has 0 radical (unpaired) electrons. The van der Waals surface area contributed by atoms with Gasteiger partial charge in [0.1, 0.15) is 17.1 Å². The predicted molar refractivity (Wildman–Crippen MR) is 117 cm³/mol. The number of carbonyl (C=O) groups is 1. The average Bonchev–Trinajstić information content (AvgIpc) is 2.71. The number of fused-ring (bicyclic) bond motifs is 1. The van der Waals surface area contributed by atoms with Gasteiger partial charge >= 0.3 is 5.97 Å². The van der Waals surface area contributed by atoms with Gasteiger partial charge in [0.15, 0.2) is 0 Å². The molecule has 0 bridgehead atoms. The summed E-state index contributed by atoms with van der Waals surface area (Å²) in [4.78, 5) is 28.7. The van der Waals surface area contributed by atoms with E-state index in [0.717, 1.165) is 10.9 Å². The number of nitrogen functional groups attached to an aromatic ring is 1. The topological polar surface area (TPSA) is 96.4 Å². The minimum absolute atomic E-state index is 0.171. The number of nitrogens with two attached hydrogens (primary N) is 1. The van der Waals surface area contributed by atoms with Gasteiger partial charge in [0.25, 0.3) is 5.56 Å². The van der Waals surface area contributed by atoms with Gasteiger partial charge < -0.3 is 15.2 Å². The molecule has 30 heavy (non-hydrogen) atoms. The Labute approximate surface area is 175 Å². The minimum atomic E-state index is -0.514. The summed E-state index contributed by atoms with van der Waals surface area (Å²) < 4.78 is 12.5. The molecule has 3 aromatic rings. The fourth-order valence-electron chi connectivity index (χ4n) is 3.07. The lowest BCUT2D eigenvalue weighted by Crippen LogP contribution is -2.23. The van der Waals surface area contributed by atoms with Crippen molar-refractivity contribution in [3.63, 3.8) is 0 Å². The maximum absolute atomic E-state index is 12.6. The number of aryl methyl sites for hydroxylation is 1. The Hall–Kier alpha value is -3.35. The van der Waals surface area contributed by atoms with Crippen LogP contribution < -0.4 is 16.0 Å². The fourth-order valence-corrected chi connectivity index (χ4v) is 3.07. The molecule has 2 N–H and O–H groups in total. The lowest BCUT2D eigenvalue weighted by atomic mass is 9.97. The molecule has 3 rings (SSSR count). The minimum Gasteiger partial charge on any atom is -0.493 e. The molecule has 0 saturated carbocycles. The lowest BCUT2D eigenvalue weighted by molar-refractivity contribution is -0.153. The van der Waals surface area contributed by atoms with Gasteiger partial charge in [0.05, 0.1) is 18.6 Å². The molecule has 0 aliphatic heterocycles. The highest BCUT2D eigenvalue weighted by Crippen LogP contribution is 2.32. The number of pyridine rings is 2. The molecule has 0 saturated heterocycles. The molecule has 2 heterocycles. The van der Waals surface area contributed by atoms with Crippen LogP contribution in [-0.2, 0) is 16.6 Å². The molecule has 2 aromatic heterocycles. The third kappa shape index (κ3) is 4.45. The number of nitrogens with zero attached hydrogens (tertiary/aromatic N) is 2. The lowest BCUT2D eigenvalue weighted by Gasteiger charge is -2.16. The van der Waals surface area contributed by atoms with Crippen LogP contribution in [0, 0.1) is 5.41 Å². The monoisotopic (exact) mass is 409 g/mol. The molecular formula is C23H27N3O4. The number of aromatic nitrogens is 2. The van der Waals surface area contributed by atoms with E-state index in [1.165, 1.54) is 4.57 Å². The van der Waals surface area contributed by atoms with Gasteiger partial charge in [-0.25, -0.2) is 4.98 Å². The van der Waals surface area contributed by atoms with Crippen LogP contribution in [0.5, 0.6) is 5.75 Å².